The van der Waals surface area contributed by atoms with Crippen molar-refractivity contribution in [2.75, 3.05) is 5.75 Å². The molecule has 0 aromatic carbocycles. The average Bonchev–Trinajstić information content (AvgIpc) is 2.68. The van der Waals surface area contributed by atoms with Crippen LogP contribution < -0.4 is 9.46 Å². The van der Waals surface area contributed by atoms with Gasteiger partial charge in [-0.05, 0) is 38.6 Å². The van der Waals surface area contributed by atoms with E-state index in [0.29, 0.717) is 29.3 Å². The zero-order valence-corrected chi connectivity index (χ0v) is 21.6. The maximum absolute atomic E-state index is 12.8. The minimum Gasteiger partial charge on any atom is -0.598 e. The number of rotatable bonds is 9. The average molecular weight is 502 g/mol. The number of hydrogen-bond acceptors (Lipinski definition) is 7. The van der Waals surface area contributed by atoms with Crippen molar-refractivity contribution in [2.24, 2.45) is 0 Å². The predicted octanol–water partition coefficient (Wildman–Crippen LogP) is 4.52. The van der Waals surface area contributed by atoms with E-state index < -0.39 is 25.9 Å². The SMILES string of the molecule is CCCC(N[S@@+]([O-])C(C)(C)C)c1cnc(O[C@H]2C[C@@H](S(=O)(=O)CC)C2)c2cnc(Cl)cc12. The normalized spacial score (nSPS) is 21.2. The van der Waals surface area contributed by atoms with Gasteiger partial charge in [-0.1, -0.05) is 31.9 Å². The third-order valence-corrected chi connectivity index (χ3v) is 9.75. The van der Waals surface area contributed by atoms with E-state index in [-0.39, 0.29) is 23.1 Å². The first-order chi connectivity index (χ1) is 15.0. The highest BCUT2D eigenvalue weighted by atomic mass is 35.5. The lowest BCUT2D eigenvalue weighted by atomic mass is 9.95. The van der Waals surface area contributed by atoms with Crippen molar-refractivity contribution in [1.29, 1.82) is 0 Å². The quantitative estimate of drug-likeness (QED) is 0.397. The predicted molar refractivity (Wildman–Crippen MR) is 130 cm³/mol. The molecule has 1 N–H and O–H groups in total. The number of aromatic nitrogens is 2. The molecule has 0 amide bonds. The fourth-order valence-corrected chi connectivity index (χ4v) is 6.15. The lowest BCUT2D eigenvalue weighted by molar-refractivity contribution is 0.119. The summed E-state index contributed by atoms with van der Waals surface area (Å²) in [5.41, 5.74) is 0.885. The number of halogens is 1. The molecule has 2 aromatic heterocycles. The van der Waals surface area contributed by atoms with Gasteiger partial charge in [0.05, 0.1) is 16.7 Å². The van der Waals surface area contributed by atoms with E-state index in [4.69, 9.17) is 16.3 Å². The third kappa shape index (κ3) is 5.67. The van der Waals surface area contributed by atoms with Gasteiger partial charge < -0.3 is 9.29 Å². The van der Waals surface area contributed by atoms with E-state index in [1.54, 1.807) is 25.4 Å². The van der Waals surface area contributed by atoms with Crippen LogP contribution >= 0.6 is 11.6 Å². The molecule has 0 spiro atoms. The Kier molecular flexibility index (Phi) is 7.97. The smallest absolute Gasteiger partial charge is 0.223 e. The fraction of sp³-hybridized carbons (Fsp3) is 0.636. The van der Waals surface area contributed by atoms with Crippen LogP contribution in [0.25, 0.3) is 10.8 Å². The van der Waals surface area contributed by atoms with E-state index in [1.807, 2.05) is 20.8 Å². The first-order valence-electron chi connectivity index (χ1n) is 11.0. The van der Waals surface area contributed by atoms with Gasteiger partial charge in [0.2, 0.25) is 5.88 Å². The van der Waals surface area contributed by atoms with Gasteiger partial charge in [-0.15, -0.1) is 4.72 Å². The summed E-state index contributed by atoms with van der Waals surface area (Å²) in [5.74, 6) is 0.558. The van der Waals surface area contributed by atoms with Gasteiger partial charge in [0.15, 0.2) is 9.84 Å². The molecule has 1 fully saturated rings. The monoisotopic (exact) mass is 501 g/mol. The van der Waals surface area contributed by atoms with Crippen LogP contribution in [0.2, 0.25) is 5.15 Å². The lowest BCUT2D eigenvalue weighted by Crippen LogP contribution is -2.43. The van der Waals surface area contributed by atoms with Crippen LogP contribution in [0, 0.1) is 0 Å². The second kappa shape index (κ2) is 10.0. The van der Waals surface area contributed by atoms with Crippen molar-refractivity contribution in [3.05, 3.63) is 29.2 Å². The molecule has 0 saturated heterocycles. The molecule has 2 heterocycles. The van der Waals surface area contributed by atoms with Crippen molar-refractivity contribution < 1.29 is 17.7 Å². The second-order valence-electron chi connectivity index (χ2n) is 9.20. The molecule has 1 saturated carbocycles. The molecule has 2 atom stereocenters. The topological polar surface area (TPSA) is 104 Å². The molecule has 1 aliphatic rings. The summed E-state index contributed by atoms with van der Waals surface area (Å²) < 4.78 is 45.8. The van der Waals surface area contributed by atoms with Crippen molar-refractivity contribution in [3.63, 3.8) is 0 Å². The lowest BCUT2D eigenvalue weighted by Gasteiger charge is -2.34. The molecule has 0 aliphatic heterocycles. The zero-order valence-electron chi connectivity index (χ0n) is 19.2. The zero-order chi connectivity index (χ0) is 23.7. The highest BCUT2D eigenvalue weighted by molar-refractivity contribution is 7.92. The Labute approximate surface area is 198 Å². The van der Waals surface area contributed by atoms with E-state index in [0.717, 1.165) is 23.8 Å². The number of nitrogens with one attached hydrogen (secondary N) is 1. The number of ether oxygens (including phenoxy) is 1. The van der Waals surface area contributed by atoms with Gasteiger partial charge in [-0.25, -0.2) is 18.4 Å². The van der Waals surface area contributed by atoms with Crippen molar-refractivity contribution in [3.8, 4) is 5.88 Å². The van der Waals surface area contributed by atoms with E-state index >= 15 is 0 Å². The Bertz CT molecular complexity index is 1050. The number of fused-ring (bicyclic) bond motifs is 1. The van der Waals surface area contributed by atoms with Gasteiger partial charge in [-0.2, -0.15) is 0 Å². The van der Waals surface area contributed by atoms with Crippen molar-refractivity contribution in [1.82, 2.24) is 14.7 Å². The van der Waals surface area contributed by atoms with E-state index in [2.05, 4.69) is 21.6 Å². The summed E-state index contributed by atoms with van der Waals surface area (Å²) in [7, 11) is -3.05. The Morgan fingerprint density at radius 1 is 1.25 bits per heavy atom. The molecule has 32 heavy (non-hydrogen) atoms. The maximum Gasteiger partial charge on any atom is 0.223 e. The number of pyridine rings is 2. The first-order valence-corrected chi connectivity index (χ1v) is 14.2. The van der Waals surface area contributed by atoms with E-state index in [9.17, 15) is 13.0 Å². The van der Waals surface area contributed by atoms with Crippen LogP contribution in [-0.4, -0.2) is 44.8 Å². The standard InChI is InChI=1S/C22H32ClN3O4S2/c1-6-8-19(26-31(27)22(3,4)5)17-12-25-21(18-13-24-20(23)11-16(17)18)30-14-9-15(10-14)32(28,29)7-2/h11-15,19,26H,6-10H2,1-5H3/t14-,15+,19?,31-/m0/s1. The summed E-state index contributed by atoms with van der Waals surface area (Å²) in [4.78, 5) is 8.75. The molecular formula is C22H32ClN3O4S2. The molecule has 0 bridgehead atoms. The van der Waals surface area contributed by atoms with Crippen LogP contribution in [-0.2, 0) is 21.2 Å². The minimum absolute atomic E-state index is 0.143. The van der Waals surface area contributed by atoms with Crippen LogP contribution in [0.4, 0.5) is 0 Å². The van der Waals surface area contributed by atoms with Gasteiger partial charge in [-0.3, -0.25) is 0 Å². The molecule has 7 nitrogen and oxygen atoms in total. The van der Waals surface area contributed by atoms with Crippen LogP contribution in [0.3, 0.4) is 0 Å². The summed E-state index contributed by atoms with van der Waals surface area (Å²) in [6.45, 7) is 9.53. The number of hydrogen-bond donors (Lipinski definition) is 1. The molecule has 0 radical (unpaired) electrons. The molecule has 178 valence electrons. The number of nitrogens with zero attached hydrogens (tertiary/aromatic N) is 2. The van der Waals surface area contributed by atoms with Crippen molar-refractivity contribution in [2.45, 2.75) is 82.4 Å². The summed E-state index contributed by atoms with van der Waals surface area (Å²) in [5, 5.41) is 1.55. The molecule has 10 heteroatoms. The Morgan fingerprint density at radius 2 is 1.94 bits per heavy atom. The molecule has 2 aromatic rings. The van der Waals surface area contributed by atoms with E-state index in [1.165, 1.54) is 0 Å². The van der Waals surface area contributed by atoms with Crippen molar-refractivity contribution >= 4 is 43.6 Å². The fourth-order valence-electron chi connectivity index (χ4n) is 3.65. The minimum atomic E-state index is -3.05. The Balaban J connectivity index is 1.90. The number of sulfone groups is 1. The highest BCUT2D eigenvalue weighted by Crippen LogP contribution is 2.37. The van der Waals surface area contributed by atoms with Crippen LogP contribution in [0.15, 0.2) is 18.5 Å². The first kappa shape index (κ1) is 25.5. The van der Waals surface area contributed by atoms with Crippen LogP contribution in [0.5, 0.6) is 5.88 Å². The van der Waals surface area contributed by atoms with Gasteiger partial charge in [0.25, 0.3) is 0 Å². The summed E-state index contributed by atoms with van der Waals surface area (Å²) in [6, 6.07) is 1.60. The Morgan fingerprint density at radius 3 is 2.53 bits per heavy atom. The third-order valence-electron chi connectivity index (χ3n) is 5.73. The molecular weight excluding hydrogens is 470 g/mol. The Hall–Kier alpha value is -1.13. The van der Waals surface area contributed by atoms with Gasteiger partial charge in [0, 0.05) is 47.9 Å². The largest absolute Gasteiger partial charge is 0.598 e. The van der Waals surface area contributed by atoms with Crippen LogP contribution in [0.1, 0.15) is 71.9 Å². The summed E-state index contributed by atoms with van der Waals surface area (Å²) in [6.07, 6.45) is 5.77. The second-order valence-corrected chi connectivity index (χ2v) is 14.2. The molecule has 3 rings (SSSR count). The molecule has 1 unspecified atom stereocenters. The van der Waals surface area contributed by atoms with Gasteiger partial charge in [0.1, 0.15) is 16.0 Å². The maximum atomic E-state index is 12.8. The molecule has 1 aliphatic carbocycles. The highest BCUT2D eigenvalue weighted by Gasteiger charge is 2.39. The summed E-state index contributed by atoms with van der Waals surface area (Å²) >= 11 is 4.96. The van der Waals surface area contributed by atoms with Gasteiger partial charge >= 0.3 is 0 Å².